The third-order valence-corrected chi connectivity index (χ3v) is 3.59. The minimum atomic E-state index is -0.294. The van der Waals surface area contributed by atoms with Crippen LogP contribution in [0.2, 0.25) is 0 Å². The van der Waals surface area contributed by atoms with Gasteiger partial charge in [-0.05, 0) is 31.0 Å². The number of nitrogens with zero attached hydrogens (tertiary/aromatic N) is 2. The number of aryl methyl sites for hydroxylation is 1. The highest BCUT2D eigenvalue weighted by atomic mass is 16.5. The first kappa shape index (κ1) is 17.7. The Morgan fingerprint density at radius 3 is 2.79 bits per heavy atom. The Balaban J connectivity index is 2.06. The van der Waals surface area contributed by atoms with Crippen LogP contribution in [0, 0.1) is 6.92 Å². The van der Waals surface area contributed by atoms with Crippen LogP contribution in [0.1, 0.15) is 42.2 Å². The zero-order valence-corrected chi connectivity index (χ0v) is 14.4. The van der Waals surface area contributed by atoms with Gasteiger partial charge in [-0.2, -0.15) is 0 Å². The van der Waals surface area contributed by atoms with Crippen molar-refractivity contribution in [1.82, 2.24) is 9.97 Å². The molecule has 0 atom stereocenters. The Labute approximate surface area is 142 Å². The molecule has 0 aliphatic heterocycles. The fourth-order valence-electron chi connectivity index (χ4n) is 2.28. The van der Waals surface area contributed by atoms with Gasteiger partial charge in [-0.15, -0.1) is 0 Å². The number of rotatable bonds is 8. The van der Waals surface area contributed by atoms with E-state index in [9.17, 15) is 4.79 Å². The summed E-state index contributed by atoms with van der Waals surface area (Å²) in [6.07, 6.45) is 4.79. The molecule has 1 aromatic heterocycles. The molecule has 2 aromatic rings. The molecule has 2 rings (SSSR count). The smallest absolute Gasteiger partial charge is 0.274 e. The van der Waals surface area contributed by atoms with Crippen molar-refractivity contribution in [3.05, 3.63) is 41.9 Å². The van der Waals surface area contributed by atoms with Crippen molar-refractivity contribution < 1.29 is 9.53 Å². The lowest BCUT2D eigenvalue weighted by atomic mass is 10.2. The Kier molecular flexibility index (Phi) is 6.54. The fourth-order valence-corrected chi connectivity index (χ4v) is 2.28. The normalized spacial score (nSPS) is 10.3. The van der Waals surface area contributed by atoms with Crippen LogP contribution in [-0.2, 0) is 0 Å². The van der Waals surface area contributed by atoms with Gasteiger partial charge in [0.1, 0.15) is 23.6 Å². The number of carbonyl (C=O) groups excluding carboxylic acids is 1. The number of aromatic nitrogens is 2. The van der Waals surface area contributed by atoms with Gasteiger partial charge < -0.3 is 15.4 Å². The minimum Gasteiger partial charge on any atom is -0.495 e. The van der Waals surface area contributed by atoms with Gasteiger partial charge in [0.25, 0.3) is 5.91 Å². The molecule has 0 saturated carbocycles. The second kappa shape index (κ2) is 8.86. The number of carbonyl (C=O) groups is 1. The highest BCUT2D eigenvalue weighted by Gasteiger charge is 2.12. The van der Waals surface area contributed by atoms with Gasteiger partial charge in [0.05, 0.1) is 12.8 Å². The molecular formula is C18H24N4O2. The van der Waals surface area contributed by atoms with E-state index in [-0.39, 0.29) is 5.91 Å². The quantitative estimate of drug-likeness (QED) is 0.723. The van der Waals surface area contributed by atoms with Crippen molar-refractivity contribution in [3.8, 4) is 5.75 Å². The summed E-state index contributed by atoms with van der Waals surface area (Å²) in [5, 5.41) is 6.05. The molecule has 0 bridgehead atoms. The summed E-state index contributed by atoms with van der Waals surface area (Å²) in [5.41, 5.74) is 1.97. The lowest BCUT2D eigenvalue weighted by Crippen LogP contribution is -2.15. The number of unbranched alkanes of at least 4 members (excludes halogenated alkanes) is 2. The Bertz CT molecular complexity index is 688. The highest BCUT2D eigenvalue weighted by Crippen LogP contribution is 2.25. The summed E-state index contributed by atoms with van der Waals surface area (Å²) in [4.78, 5) is 20.6. The number of ether oxygens (including phenoxy) is 1. The first-order valence-electron chi connectivity index (χ1n) is 8.16. The third-order valence-electron chi connectivity index (χ3n) is 3.59. The van der Waals surface area contributed by atoms with Crippen LogP contribution in [0.15, 0.2) is 30.6 Å². The summed E-state index contributed by atoms with van der Waals surface area (Å²) in [7, 11) is 1.57. The maximum Gasteiger partial charge on any atom is 0.274 e. The van der Waals surface area contributed by atoms with Crippen molar-refractivity contribution in [2.24, 2.45) is 0 Å². The SMILES string of the molecule is CCCCCNc1cc(C(=O)Nc2cc(C)ccc2OC)ncn1. The summed E-state index contributed by atoms with van der Waals surface area (Å²) in [6, 6.07) is 7.27. The lowest BCUT2D eigenvalue weighted by molar-refractivity contribution is 0.102. The number of hydrogen-bond donors (Lipinski definition) is 2. The van der Waals surface area contributed by atoms with Gasteiger partial charge in [-0.1, -0.05) is 25.8 Å². The topological polar surface area (TPSA) is 76.1 Å². The molecule has 2 N–H and O–H groups in total. The Morgan fingerprint density at radius 2 is 2.04 bits per heavy atom. The van der Waals surface area contributed by atoms with Crippen molar-refractivity contribution in [2.75, 3.05) is 24.3 Å². The Hall–Kier alpha value is -2.63. The van der Waals surface area contributed by atoms with Crippen LogP contribution in [0.5, 0.6) is 5.75 Å². The molecule has 24 heavy (non-hydrogen) atoms. The van der Waals surface area contributed by atoms with Crippen molar-refractivity contribution in [2.45, 2.75) is 33.1 Å². The van der Waals surface area contributed by atoms with Gasteiger partial charge in [0.15, 0.2) is 0 Å². The van der Waals surface area contributed by atoms with E-state index < -0.39 is 0 Å². The van der Waals surface area contributed by atoms with Crippen LogP contribution < -0.4 is 15.4 Å². The molecule has 6 heteroatoms. The molecule has 0 aliphatic carbocycles. The molecule has 1 heterocycles. The van der Waals surface area contributed by atoms with Crippen LogP contribution in [0.4, 0.5) is 11.5 Å². The summed E-state index contributed by atoms with van der Waals surface area (Å²) in [6.45, 7) is 4.95. The van der Waals surface area contributed by atoms with E-state index >= 15 is 0 Å². The predicted molar refractivity (Wildman–Crippen MR) is 95.7 cm³/mol. The molecule has 0 radical (unpaired) electrons. The molecule has 0 spiro atoms. The summed E-state index contributed by atoms with van der Waals surface area (Å²) < 4.78 is 5.28. The van der Waals surface area contributed by atoms with Gasteiger partial charge in [0.2, 0.25) is 0 Å². The molecule has 0 aliphatic rings. The maximum absolute atomic E-state index is 12.4. The minimum absolute atomic E-state index is 0.294. The van der Waals surface area contributed by atoms with Crippen LogP contribution in [0.25, 0.3) is 0 Å². The van der Waals surface area contributed by atoms with Gasteiger partial charge in [0, 0.05) is 12.6 Å². The van der Waals surface area contributed by atoms with E-state index in [4.69, 9.17) is 4.74 Å². The average molecular weight is 328 g/mol. The first-order valence-corrected chi connectivity index (χ1v) is 8.16. The van der Waals surface area contributed by atoms with E-state index in [0.29, 0.717) is 22.9 Å². The zero-order chi connectivity index (χ0) is 17.4. The lowest BCUT2D eigenvalue weighted by Gasteiger charge is -2.11. The zero-order valence-electron chi connectivity index (χ0n) is 14.4. The monoisotopic (exact) mass is 328 g/mol. The third kappa shape index (κ3) is 4.94. The number of hydrogen-bond acceptors (Lipinski definition) is 5. The molecule has 1 amide bonds. The van der Waals surface area contributed by atoms with E-state index in [1.165, 1.54) is 12.7 Å². The van der Waals surface area contributed by atoms with Gasteiger partial charge in [-0.25, -0.2) is 9.97 Å². The van der Waals surface area contributed by atoms with Crippen molar-refractivity contribution >= 4 is 17.4 Å². The van der Waals surface area contributed by atoms with Gasteiger partial charge in [-0.3, -0.25) is 4.79 Å². The molecule has 1 aromatic carbocycles. The van der Waals surface area contributed by atoms with Crippen molar-refractivity contribution in [3.63, 3.8) is 0 Å². The number of benzene rings is 1. The molecular weight excluding hydrogens is 304 g/mol. The summed E-state index contributed by atoms with van der Waals surface area (Å²) >= 11 is 0. The number of nitrogens with one attached hydrogen (secondary N) is 2. The average Bonchev–Trinajstić information content (AvgIpc) is 2.59. The maximum atomic E-state index is 12.4. The van der Waals surface area contributed by atoms with E-state index in [2.05, 4.69) is 27.5 Å². The second-order valence-corrected chi connectivity index (χ2v) is 5.58. The van der Waals surface area contributed by atoms with Crippen molar-refractivity contribution in [1.29, 1.82) is 0 Å². The predicted octanol–water partition coefficient (Wildman–Crippen LogP) is 3.65. The first-order chi connectivity index (χ1) is 11.6. The molecule has 128 valence electrons. The molecule has 6 nitrogen and oxygen atoms in total. The number of anilines is 2. The largest absolute Gasteiger partial charge is 0.495 e. The summed E-state index contributed by atoms with van der Waals surface area (Å²) in [5.74, 6) is 0.973. The fraction of sp³-hybridized carbons (Fsp3) is 0.389. The molecule has 0 fully saturated rings. The van der Waals surface area contributed by atoms with E-state index in [0.717, 1.165) is 24.9 Å². The molecule has 0 unspecified atom stereocenters. The standard InChI is InChI=1S/C18H24N4O2/c1-4-5-6-9-19-17-11-15(20-12-21-17)18(23)22-14-10-13(2)7-8-16(14)24-3/h7-8,10-12H,4-6,9H2,1-3H3,(H,22,23)(H,19,20,21). The van der Waals surface area contributed by atoms with E-state index in [1.807, 2.05) is 25.1 Å². The van der Waals surface area contributed by atoms with Gasteiger partial charge >= 0.3 is 0 Å². The van der Waals surface area contributed by atoms with Crippen LogP contribution >= 0.6 is 0 Å². The Morgan fingerprint density at radius 1 is 1.21 bits per heavy atom. The highest BCUT2D eigenvalue weighted by molar-refractivity contribution is 6.04. The van der Waals surface area contributed by atoms with Crippen LogP contribution in [-0.4, -0.2) is 29.5 Å². The van der Waals surface area contributed by atoms with Crippen LogP contribution in [0.3, 0.4) is 0 Å². The number of amides is 1. The number of methoxy groups -OCH3 is 1. The van der Waals surface area contributed by atoms with E-state index in [1.54, 1.807) is 13.2 Å². The molecule has 0 saturated heterocycles. The second-order valence-electron chi connectivity index (χ2n) is 5.58.